The lowest BCUT2D eigenvalue weighted by molar-refractivity contribution is -0.128. The molecule has 2 amide bonds. The Kier molecular flexibility index (Phi) is 6.16. The first kappa shape index (κ1) is 18.6. The van der Waals surface area contributed by atoms with E-state index in [-0.39, 0.29) is 23.7 Å². The fourth-order valence-corrected chi connectivity index (χ4v) is 3.33. The molecule has 6 heteroatoms. The van der Waals surface area contributed by atoms with Crippen LogP contribution >= 0.6 is 0 Å². The zero-order valence-electron chi connectivity index (χ0n) is 15.0. The summed E-state index contributed by atoms with van der Waals surface area (Å²) in [6.45, 7) is 0.478. The minimum Gasteiger partial charge on any atom is -0.352 e. The number of hydrogen-bond donors (Lipinski definition) is 2. The normalized spacial score (nSPS) is 18.9. The van der Waals surface area contributed by atoms with Crippen LogP contribution in [0, 0.1) is 23.2 Å². The zero-order chi connectivity index (χ0) is 19.1. The van der Waals surface area contributed by atoms with Crippen LogP contribution in [0.15, 0.2) is 48.8 Å². The van der Waals surface area contributed by atoms with Crippen LogP contribution in [0.2, 0.25) is 0 Å². The molecule has 1 aromatic heterocycles. The third-order valence-corrected chi connectivity index (χ3v) is 4.94. The van der Waals surface area contributed by atoms with Crippen molar-refractivity contribution < 1.29 is 9.59 Å². The lowest BCUT2D eigenvalue weighted by atomic mass is 9.81. The Hall–Kier alpha value is -3.20. The molecule has 0 saturated heterocycles. The SMILES string of the molecule is N#Cc1ccc(NC(=O)C2CCC(C(=O)NCc3cccnc3)CC2)cc1. The van der Waals surface area contributed by atoms with Crippen molar-refractivity contribution in [2.24, 2.45) is 11.8 Å². The Labute approximate surface area is 158 Å². The van der Waals surface area contributed by atoms with Gasteiger partial charge in [0.05, 0.1) is 11.6 Å². The lowest BCUT2D eigenvalue weighted by Gasteiger charge is -2.27. The van der Waals surface area contributed by atoms with Gasteiger partial charge in [0.2, 0.25) is 11.8 Å². The van der Waals surface area contributed by atoms with Gasteiger partial charge in [0, 0.05) is 36.5 Å². The van der Waals surface area contributed by atoms with Crippen molar-refractivity contribution in [3.8, 4) is 6.07 Å². The summed E-state index contributed by atoms with van der Waals surface area (Å²) >= 11 is 0. The van der Waals surface area contributed by atoms with Gasteiger partial charge in [0.15, 0.2) is 0 Å². The van der Waals surface area contributed by atoms with Crippen LogP contribution < -0.4 is 10.6 Å². The number of benzene rings is 1. The summed E-state index contributed by atoms with van der Waals surface area (Å²) in [7, 11) is 0. The van der Waals surface area contributed by atoms with Crippen LogP contribution in [0.4, 0.5) is 5.69 Å². The largest absolute Gasteiger partial charge is 0.352 e. The molecule has 27 heavy (non-hydrogen) atoms. The molecule has 1 saturated carbocycles. The van der Waals surface area contributed by atoms with Crippen molar-refractivity contribution in [3.05, 3.63) is 59.9 Å². The number of nitriles is 1. The summed E-state index contributed by atoms with van der Waals surface area (Å²) in [5.41, 5.74) is 2.22. The highest BCUT2D eigenvalue weighted by Crippen LogP contribution is 2.30. The fourth-order valence-electron chi connectivity index (χ4n) is 3.33. The quantitative estimate of drug-likeness (QED) is 0.855. The molecule has 2 N–H and O–H groups in total. The zero-order valence-corrected chi connectivity index (χ0v) is 15.0. The molecule has 0 atom stereocenters. The van der Waals surface area contributed by atoms with E-state index in [1.165, 1.54) is 0 Å². The van der Waals surface area contributed by atoms with Gasteiger partial charge < -0.3 is 10.6 Å². The second kappa shape index (κ2) is 8.95. The molecule has 0 bridgehead atoms. The average molecular weight is 362 g/mol. The van der Waals surface area contributed by atoms with Crippen LogP contribution in [-0.2, 0) is 16.1 Å². The number of carbonyl (C=O) groups is 2. The number of aromatic nitrogens is 1. The third-order valence-electron chi connectivity index (χ3n) is 4.94. The van der Waals surface area contributed by atoms with Crippen LogP contribution in [0.5, 0.6) is 0 Å². The smallest absolute Gasteiger partial charge is 0.227 e. The minimum atomic E-state index is -0.0805. The van der Waals surface area contributed by atoms with E-state index in [9.17, 15) is 9.59 Å². The molecule has 138 valence electrons. The Bertz CT molecular complexity index is 820. The van der Waals surface area contributed by atoms with Crippen molar-refractivity contribution in [1.82, 2.24) is 10.3 Å². The van der Waals surface area contributed by atoms with Gasteiger partial charge in [-0.25, -0.2) is 0 Å². The van der Waals surface area contributed by atoms with E-state index < -0.39 is 0 Å². The van der Waals surface area contributed by atoms with E-state index in [0.717, 1.165) is 5.56 Å². The maximum absolute atomic E-state index is 12.4. The van der Waals surface area contributed by atoms with Crippen molar-refractivity contribution >= 4 is 17.5 Å². The lowest BCUT2D eigenvalue weighted by Crippen LogP contribution is -2.35. The molecular weight excluding hydrogens is 340 g/mol. The molecule has 0 aliphatic heterocycles. The number of anilines is 1. The maximum Gasteiger partial charge on any atom is 0.227 e. The summed E-state index contributed by atoms with van der Waals surface area (Å²) in [5.74, 6) is -0.0950. The van der Waals surface area contributed by atoms with E-state index in [1.54, 1.807) is 36.7 Å². The average Bonchev–Trinajstić information content (AvgIpc) is 2.73. The van der Waals surface area contributed by atoms with Crippen LogP contribution in [-0.4, -0.2) is 16.8 Å². The molecule has 1 aromatic carbocycles. The summed E-state index contributed by atoms with van der Waals surface area (Å²) in [6, 6.07) is 12.6. The molecule has 1 fully saturated rings. The van der Waals surface area contributed by atoms with Gasteiger partial charge in [-0.3, -0.25) is 14.6 Å². The molecule has 0 unspecified atom stereocenters. The number of rotatable bonds is 5. The summed E-state index contributed by atoms with van der Waals surface area (Å²) in [4.78, 5) is 28.8. The van der Waals surface area contributed by atoms with Crippen molar-refractivity contribution in [1.29, 1.82) is 5.26 Å². The van der Waals surface area contributed by atoms with Crippen LogP contribution in [0.25, 0.3) is 0 Å². The second-order valence-corrected chi connectivity index (χ2v) is 6.81. The number of hydrogen-bond acceptors (Lipinski definition) is 4. The number of pyridine rings is 1. The standard InChI is InChI=1S/C21H22N4O2/c22-12-15-3-9-19(10-4-15)25-21(27)18-7-5-17(6-8-18)20(26)24-14-16-2-1-11-23-13-16/h1-4,9-11,13,17-18H,5-8,14H2,(H,24,26)(H,25,27). The van der Waals surface area contributed by atoms with Crippen molar-refractivity contribution in [3.63, 3.8) is 0 Å². The Morgan fingerprint density at radius 1 is 1.04 bits per heavy atom. The number of nitrogens with zero attached hydrogens (tertiary/aromatic N) is 2. The molecule has 6 nitrogen and oxygen atoms in total. The van der Waals surface area contributed by atoms with Crippen LogP contribution in [0.3, 0.4) is 0 Å². The van der Waals surface area contributed by atoms with Crippen LogP contribution in [0.1, 0.15) is 36.8 Å². The molecule has 2 aromatic rings. The number of amides is 2. The molecule has 0 radical (unpaired) electrons. The highest BCUT2D eigenvalue weighted by atomic mass is 16.2. The highest BCUT2D eigenvalue weighted by molar-refractivity contribution is 5.92. The molecule has 1 aliphatic carbocycles. The van der Waals surface area contributed by atoms with Gasteiger partial charge in [-0.1, -0.05) is 6.07 Å². The summed E-state index contributed by atoms with van der Waals surface area (Å²) < 4.78 is 0. The van der Waals surface area contributed by atoms with E-state index >= 15 is 0 Å². The third kappa shape index (κ3) is 5.14. The molecule has 0 spiro atoms. The number of nitrogens with one attached hydrogen (secondary N) is 2. The maximum atomic E-state index is 12.4. The van der Waals surface area contributed by atoms with Gasteiger partial charge in [0.1, 0.15) is 0 Å². The summed E-state index contributed by atoms with van der Waals surface area (Å²) in [5, 5.41) is 14.7. The van der Waals surface area contributed by atoms with Gasteiger partial charge in [-0.2, -0.15) is 5.26 Å². The first-order valence-corrected chi connectivity index (χ1v) is 9.13. The Morgan fingerprint density at radius 3 is 2.30 bits per heavy atom. The van der Waals surface area contributed by atoms with E-state index in [0.29, 0.717) is 43.5 Å². The second-order valence-electron chi connectivity index (χ2n) is 6.81. The molecular formula is C21H22N4O2. The molecule has 1 aliphatic rings. The fraction of sp³-hybridized carbons (Fsp3) is 0.333. The topological polar surface area (TPSA) is 94.9 Å². The van der Waals surface area contributed by atoms with E-state index in [1.807, 2.05) is 12.1 Å². The first-order chi connectivity index (χ1) is 13.2. The molecule has 1 heterocycles. The molecule has 3 rings (SSSR count). The number of carbonyl (C=O) groups excluding carboxylic acids is 2. The highest BCUT2D eigenvalue weighted by Gasteiger charge is 2.29. The predicted octanol–water partition coefficient (Wildman–Crippen LogP) is 3.01. The monoisotopic (exact) mass is 362 g/mol. The predicted molar refractivity (Wildman–Crippen MR) is 101 cm³/mol. The van der Waals surface area contributed by atoms with Gasteiger partial charge >= 0.3 is 0 Å². The first-order valence-electron chi connectivity index (χ1n) is 9.13. The Balaban J connectivity index is 1.44. The minimum absolute atomic E-state index is 0.0195. The Morgan fingerprint density at radius 2 is 1.70 bits per heavy atom. The van der Waals surface area contributed by atoms with E-state index in [4.69, 9.17) is 5.26 Å². The van der Waals surface area contributed by atoms with Gasteiger partial charge in [0.25, 0.3) is 0 Å². The van der Waals surface area contributed by atoms with Crippen molar-refractivity contribution in [2.75, 3.05) is 5.32 Å². The summed E-state index contributed by atoms with van der Waals surface area (Å²) in [6.07, 6.45) is 6.27. The van der Waals surface area contributed by atoms with E-state index in [2.05, 4.69) is 21.7 Å². The van der Waals surface area contributed by atoms with Crippen molar-refractivity contribution in [2.45, 2.75) is 32.2 Å². The van der Waals surface area contributed by atoms with Gasteiger partial charge in [-0.05, 0) is 61.6 Å². The van der Waals surface area contributed by atoms with Gasteiger partial charge in [-0.15, -0.1) is 0 Å².